The molecule has 6 heteroatoms. The summed E-state index contributed by atoms with van der Waals surface area (Å²) in [5.74, 6) is 0. The number of benzene rings is 10. The maximum Gasteiger partial charge on any atom is 0.252 e. The van der Waals surface area contributed by atoms with E-state index in [0.717, 1.165) is 28.4 Å². The van der Waals surface area contributed by atoms with Crippen LogP contribution in [0.2, 0.25) is 0 Å². The van der Waals surface area contributed by atoms with Crippen LogP contribution in [0.4, 0.5) is 51.2 Å². The van der Waals surface area contributed by atoms with Crippen molar-refractivity contribution in [3.8, 4) is 16.1 Å². The molecule has 2 aliphatic heterocycles. The standard InChI is InChI=1S/C77H71BN4S/c1-48-40-69-74-70(41-48)82(60-42-49(2)73(50(3)43-60)72-44-51-20-16-19-25-71(51)83-72)67-45-54(77(10,11)12)30-38-63(67)78(74)64-39-36-59(47-68(64)81(69)57-33-28-53(29-34-57)76(7,8)9)79(56-31-26-52(27-32-56)75(4,5)6)58-35-37-62-61-23-17-18-24-65(61)80(66(62)46-58)55-21-14-13-15-22-55/h13-47H,1-12H3. The van der Waals surface area contributed by atoms with Crippen molar-refractivity contribution in [3.63, 3.8) is 0 Å². The zero-order chi connectivity index (χ0) is 57.4. The first-order valence-electron chi connectivity index (χ1n) is 29.5. The van der Waals surface area contributed by atoms with E-state index in [1.807, 2.05) is 11.3 Å². The van der Waals surface area contributed by atoms with Crippen LogP contribution < -0.4 is 31.1 Å². The van der Waals surface area contributed by atoms with Gasteiger partial charge in [-0.05, 0) is 207 Å². The van der Waals surface area contributed by atoms with Gasteiger partial charge in [-0.3, -0.25) is 0 Å². The van der Waals surface area contributed by atoms with E-state index in [9.17, 15) is 0 Å². The molecule has 4 nitrogen and oxygen atoms in total. The van der Waals surface area contributed by atoms with E-state index in [2.05, 4.69) is 315 Å². The summed E-state index contributed by atoms with van der Waals surface area (Å²) in [5, 5.41) is 3.76. The van der Waals surface area contributed by atoms with E-state index in [4.69, 9.17) is 0 Å². The van der Waals surface area contributed by atoms with E-state index in [1.165, 1.54) is 121 Å². The van der Waals surface area contributed by atoms with E-state index in [-0.39, 0.29) is 23.0 Å². The van der Waals surface area contributed by atoms with Crippen LogP contribution in [-0.4, -0.2) is 11.3 Å². The number of aryl methyl sites for hydroxylation is 3. The fraction of sp³-hybridized carbons (Fsp3) is 0.195. The summed E-state index contributed by atoms with van der Waals surface area (Å²) in [4.78, 5) is 8.99. The third-order valence-corrected chi connectivity index (χ3v) is 18.8. The van der Waals surface area contributed by atoms with E-state index in [0.29, 0.717) is 0 Å². The molecule has 0 fully saturated rings. The maximum absolute atomic E-state index is 2.61. The average molecular weight is 1100 g/mol. The highest BCUT2D eigenvalue weighted by Crippen LogP contribution is 2.49. The van der Waals surface area contributed by atoms with Crippen molar-refractivity contribution < 1.29 is 0 Å². The van der Waals surface area contributed by atoms with Crippen LogP contribution in [-0.2, 0) is 16.2 Å². The van der Waals surface area contributed by atoms with Gasteiger partial charge in [0.05, 0.1) is 11.0 Å². The lowest BCUT2D eigenvalue weighted by Crippen LogP contribution is -2.61. The van der Waals surface area contributed by atoms with Crippen LogP contribution in [0.25, 0.3) is 48.0 Å². The molecule has 14 rings (SSSR count). The lowest BCUT2D eigenvalue weighted by Gasteiger charge is -2.45. The predicted octanol–water partition coefficient (Wildman–Crippen LogP) is 20.0. The van der Waals surface area contributed by atoms with Gasteiger partial charge in [-0.2, -0.15) is 0 Å². The Morgan fingerprint density at radius 1 is 0.398 bits per heavy atom. The molecule has 0 bridgehead atoms. The SMILES string of the molecule is Cc1cc2c3c(c1)N(c1cc(C)c(-c4cc5ccccc5s4)c(C)c1)c1cc(C(C)(C)C)ccc1B3c1ccc(N(c3ccc(C(C)(C)C)cc3)c3ccc4c5ccccc5n(-c5ccccc5)c4c3)cc1N2c1ccc(C(C)(C)C)cc1. The molecule has 2 aliphatic rings. The second-order valence-corrected chi connectivity index (χ2v) is 27.6. The van der Waals surface area contributed by atoms with Gasteiger partial charge in [-0.1, -0.05) is 165 Å². The summed E-state index contributed by atoms with van der Waals surface area (Å²) in [7, 11) is 0. The summed E-state index contributed by atoms with van der Waals surface area (Å²) < 4.78 is 3.75. The molecule has 0 amide bonds. The Hall–Kier alpha value is -8.58. The van der Waals surface area contributed by atoms with Gasteiger partial charge >= 0.3 is 0 Å². The third-order valence-electron chi connectivity index (χ3n) is 17.7. The van der Waals surface area contributed by atoms with Gasteiger partial charge in [0, 0.05) is 77.2 Å². The minimum Gasteiger partial charge on any atom is -0.311 e. The highest BCUT2D eigenvalue weighted by Gasteiger charge is 2.44. The number of thiophene rings is 1. The third kappa shape index (κ3) is 8.79. The van der Waals surface area contributed by atoms with Crippen molar-refractivity contribution in [1.82, 2.24) is 4.57 Å². The molecular weight excluding hydrogens is 1020 g/mol. The van der Waals surface area contributed by atoms with Gasteiger partial charge in [-0.15, -0.1) is 11.3 Å². The van der Waals surface area contributed by atoms with E-state index >= 15 is 0 Å². The molecule has 0 radical (unpaired) electrons. The van der Waals surface area contributed by atoms with Gasteiger partial charge in [0.15, 0.2) is 0 Å². The Bertz CT molecular complexity index is 4490. The number of hydrogen-bond acceptors (Lipinski definition) is 4. The minimum atomic E-state index is -0.0714. The molecule has 0 aliphatic carbocycles. The lowest BCUT2D eigenvalue weighted by atomic mass is 9.33. The highest BCUT2D eigenvalue weighted by molar-refractivity contribution is 7.22. The number of rotatable bonds is 7. The largest absolute Gasteiger partial charge is 0.311 e. The van der Waals surface area contributed by atoms with Gasteiger partial charge in [0.2, 0.25) is 0 Å². The molecule has 408 valence electrons. The van der Waals surface area contributed by atoms with Crippen LogP contribution >= 0.6 is 11.3 Å². The molecular formula is C77H71BN4S. The van der Waals surface area contributed by atoms with Gasteiger partial charge in [0.1, 0.15) is 0 Å². The minimum absolute atomic E-state index is 0.00155. The van der Waals surface area contributed by atoms with E-state index in [1.54, 1.807) is 0 Å². The number of para-hydroxylation sites is 2. The molecule has 4 heterocycles. The van der Waals surface area contributed by atoms with Crippen LogP contribution in [0.15, 0.2) is 212 Å². The van der Waals surface area contributed by atoms with E-state index < -0.39 is 0 Å². The molecule has 0 N–H and O–H groups in total. The first-order valence-corrected chi connectivity index (χ1v) is 30.3. The molecule has 0 unspecified atom stereocenters. The number of nitrogens with zero attached hydrogens (tertiary/aromatic N) is 4. The Morgan fingerprint density at radius 3 is 1.59 bits per heavy atom. The first-order chi connectivity index (χ1) is 39.8. The molecule has 83 heavy (non-hydrogen) atoms. The maximum atomic E-state index is 2.61. The molecule has 12 aromatic rings. The average Bonchev–Trinajstić information content (AvgIpc) is 2.57. The summed E-state index contributed by atoms with van der Waals surface area (Å²) in [6.07, 6.45) is 0. The molecule has 10 aromatic carbocycles. The topological polar surface area (TPSA) is 14.7 Å². The van der Waals surface area contributed by atoms with Crippen molar-refractivity contribution in [2.75, 3.05) is 14.7 Å². The first kappa shape index (κ1) is 52.5. The highest BCUT2D eigenvalue weighted by atomic mass is 32.1. The molecule has 0 spiro atoms. The second-order valence-electron chi connectivity index (χ2n) is 26.5. The Labute approximate surface area is 495 Å². The van der Waals surface area contributed by atoms with Crippen molar-refractivity contribution >= 4 is 118 Å². The van der Waals surface area contributed by atoms with Gasteiger partial charge < -0.3 is 19.3 Å². The number of aromatic nitrogens is 1. The summed E-state index contributed by atoms with van der Waals surface area (Å²) in [5.41, 5.74) is 26.8. The number of hydrogen-bond donors (Lipinski definition) is 0. The normalized spacial score (nSPS) is 13.2. The van der Waals surface area contributed by atoms with Crippen molar-refractivity contribution in [2.24, 2.45) is 0 Å². The van der Waals surface area contributed by atoms with Crippen molar-refractivity contribution in [1.29, 1.82) is 0 Å². The van der Waals surface area contributed by atoms with Crippen molar-refractivity contribution in [3.05, 3.63) is 246 Å². The summed E-state index contributed by atoms with van der Waals surface area (Å²) >= 11 is 1.89. The Kier molecular flexibility index (Phi) is 12.2. The van der Waals surface area contributed by atoms with Crippen LogP contribution in [0, 0.1) is 20.8 Å². The lowest BCUT2D eigenvalue weighted by molar-refractivity contribution is 0.590. The fourth-order valence-electron chi connectivity index (χ4n) is 13.5. The monoisotopic (exact) mass is 1090 g/mol. The quantitative estimate of drug-likeness (QED) is 0.148. The molecule has 2 aromatic heterocycles. The van der Waals surface area contributed by atoms with Crippen LogP contribution in [0.1, 0.15) is 95.7 Å². The van der Waals surface area contributed by atoms with Crippen molar-refractivity contribution in [2.45, 2.75) is 99.3 Å². The van der Waals surface area contributed by atoms with Crippen LogP contribution in [0.5, 0.6) is 0 Å². The molecule has 0 saturated carbocycles. The zero-order valence-corrected chi connectivity index (χ0v) is 50.8. The number of fused-ring (bicyclic) bond motifs is 8. The fourth-order valence-corrected chi connectivity index (χ4v) is 14.7. The van der Waals surface area contributed by atoms with Gasteiger partial charge in [-0.25, -0.2) is 0 Å². The number of anilines is 9. The Balaban J connectivity index is 1.01. The Morgan fingerprint density at radius 2 is 0.928 bits per heavy atom. The van der Waals surface area contributed by atoms with Crippen LogP contribution in [0.3, 0.4) is 0 Å². The second kappa shape index (κ2) is 19.3. The molecule has 0 saturated heterocycles. The predicted molar refractivity (Wildman–Crippen MR) is 361 cm³/mol. The summed E-state index contributed by atoms with van der Waals surface area (Å²) in [6, 6.07) is 81.0. The van der Waals surface area contributed by atoms with Gasteiger partial charge in [0.25, 0.3) is 6.71 Å². The molecule has 0 atom stereocenters. The zero-order valence-electron chi connectivity index (χ0n) is 50.0. The smallest absolute Gasteiger partial charge is 0.252 e. The summed E-state index contributed by atoms with van der Waals surface area (Å²) in [6.45, 7) is 27.7.